The summed E-state index contributed by atoms with van der Waals surface area (Å²) < 4.78 is 16.4. The van der Waals surface area contributed by atoms with E-state index in [4.69, 9.17) is 0 Å². The second kappa shape index (κ2) is 6.00. The van der Waals surface area contributed by atoms with Crippen LogP contribution in [0.5, 0.6) is 0 Å². The van der Waals surface area contributed by atoms with E-state index in [1.54, 1.807) is 6.07 Å². The molecule has 0 radical (unpaired) electrons. The van der Waals surface area contributed by atoms with Crippen LogP contribution in [-0.2, 0) is 13.1 Å². The lowest BCUT2D eigenvalue weighted by molar-refractivity contribution is 0.616. The highest BCUT2D eigenvalue weighted by Gasteiger charge is 2.10. The highest BCUT2D eigenvalue weighted by atomic mass is 79.9. The number of rotatable bonds is 4. The number of benzene rings is 2. The van der Waals surface area contributed by atoms with Crippen molar-refractivity contribution < 1.29 is 4.39 Å². The number of hydrogen-bond donors (Lipinski definition) is 1. The van der Waals surface area contributed by atoms with Crippen LogP contribution in [0.4, 0.5) is 4.39 Å². The van der Waals surface area contributed by atoms with Crippen LogP contribution < -0.4 is 5.32 Å². The van der Waals surface area contributed by atoms with E-state index < -0.39 is 0 Å². The highest BCUT2D eigenvalue weighted by molar-refractivity contribution is 9.10. The molecule has 0 aliphatic rings. The van der Waals surface area contributed by atoms with Crippen molar-refractivity contribution in [2.24, 2.45) is 0 Å². The van der Waals surface area contributed by atoms with E-state index in [1.165, 1.54) is 22.5 Å². The first-order chi connectivity index (χ1) is 10.2. The van der Waals surface area contributed by atoms with E-state index in [2.05, 4.69) is 56.3 Å². The van der Waals surface area contributed by atoms with Gasteiger partial charge in [0.2, 0.25) is 0 Å². The smallest absolute Gasteiger partial charge is 0.137 e. The summed E-state index contributed by atoms with van der Waals surface area (Å²) in [5.74, 6) is -0.223. The molecule has 0 aliphatic carbocycles. The number of hydrogen-bond acceptors (Lipinski definition) is 1. The molecule has 1 N–H and O–H groups in total. The minimum atomic E-state index is -0.223. The zero-order valence-electron chi connectivity index (χ0n) is 11.7. The predicted octanol–water partition coefficient (Wildman–Crippen LogP) is 4.31. The minimum absolute atomic E-state index is 0.223. The number of nitrogens with one attached hydrogen (secondary N) is 1. The zero-order chi connectivity index (χ0) is 14.8. The average molecular weight is 347 g/mol. The van der Waals surface area contributed by atoms with Gasteiger partial charge in [-0.3, -0.25) is 0 Å². The molecule has 3 aromatic rings. The van der Waals surface area contributed by atoms with Gasteiger partial charge in [-0.15, -0.1) is 0 Å². The minimum Gasteiger partial charge on any atom is -0.343 e. The fourth-order valence-corrected chi connectivity index (χ4v) is 3.05. The van der Waals surface area contributed by atoms with Gasteiger partial charge in [-0.1, -0.05) is 30.3 Å². The van der Waals surface area contributed by atoms with Crippen LogP contribution in [0.1, 0.15) is 11.1 Å². The van der Waals surface area contributed by atoms with Gasteiger partial charge in [-0.05, 0) is 51.6 Å². The number of halogens is 2. The molecule has 0 saturated heterocycles. The molecule has 108 valence electrons. The Morgan fingerprint density at radius 3 is 2.67 bits per heavy atom. The van der Waals surface area contributed by atoms with Crippen LogP contribution in [0.25, 0.3) is 10.9 Å². The maximum Gasteiger partial charge on any atom is 0.137 e. The van der Waals surface area contributed by atoms with Gasteiger partial charge in [0.25, 0.3) is 0 Å². The lowest BCUT2D eigenvalue weighted by Crippen LogP contribution is -2.08. The summed E-state index contributed by atoms with van der Waals surface area (Å²) in [5.41, 5.74) is 3.38. The molecule has 2 aromatic carbocycles. The number of para-hydroxylation sites is 1. The third kappa shape index (κ3) is 2.74. The highest BCUT2D eigenvalue weighted by Crippen LogP contribution is 2.25. The van der Waals surface area contributed by atoms with Crippen LogP contribution in [0.3, 0.4) is 0 Å². The van der Waals surface area contributed by atoms with Gasteiger partial charge in [-0.2, -0.15) is 0 Å². The van der Waals surface area contributed by atoms with Crippen molar-refractivity contribution in [2.75, 3.05) is 7.05 Å². The van der Waals surface area contributed by atoms with Crippen molar-refractivity contribution in [1.29, 1.82) is 0 Å². The zero-order valence-corrected chi connectivity index (χ0v) is 13.3. The first-order valence-electron chi connectivity index (χ1n) is 6.85. The van der Waals surface area contributed by atoms with Crippen molar-refractivity contribution in [3.05, 3.63) is 70.1 Å². The molecular formula is C17H16BrFN2. The molecule has 21 heavy (non-hydrogen) atoms. The van der Waals surface area contributed by atoms with E-state index in [0.717, 1.165) is 12.1 Å². The fraction of sp³-hybridized carbons (Fsp3) is 0.176. The molecule has 0 fully saturated rings. The molecule has 3 rings (SSSR count). The Kier molecular flexibility index (Phi) is 4.08. The topological polar surface area (TPSA) is 17.0 Å². The Balaban J connectivity index is 2.06. The van der Waals surface area contributed by atoms with Gasteiger partial charge in [0.1, 0.15) is 5.82 Å². The van der Waals surface area contributed by atoms with Gasteiger partial charge < -0.3 is 9.88 Å². The number of fused-ring (bicyclic) bond motifs is 1. The molecule has 0 atom stereocenters. The van der Waals surface area contributed by atoms with Crippen LogP contribution in [-0.4, -0.2) is 11.6 Å². The SMILES string of the molecule is CNCc1cccc2ccn(Cc3cccc(F)c3Br)c12. The van der Waals surface area contributed by atoms with E-state index in [1.807, 2.05) is 13.1 Å². The van der Waals surface area contributed by atoms with Gasteiger partial charge in [0, 0.05) is 19.3 Å². The molecule has 2 nitrogen and oxygen atoms in total. The quantitative estimate of drug-likeness (QED) is 0.744. The lowest BCUT2D eigenvalue weighted by atomic mass is 10.1. The molecule has 0 amide bonds. The second-order valence-corrected chi connectivity index (χ2v) is 5.83. The first-order valence-corrected chi connectivity index (χ1v) is 7.64. The van der Waals surface area contributed by atoms with Crippen LogP contribution in [0.2, 0.25) is 0 Å². The average Bonchev–Trinajstić information content (AvgIpc) is 2.89. The maximum atomic E-state index is 13.7. The maximum absolute atomic E-state index is 13.7. The summed E-state index contributed by atoms with van der Waals surface area (Å²) in [4.78, 5) is 0. The summed E-state index contributed by atoms with van der Waals surface area (Å²) in [6, 6.07) is 13.5. The molecule has 0 saturated carbocycles. The Morgan fingerprint density at radius 2 is 1.86 bits per heavy atom. The normalized spacial score (nSPS) is 11.2. The lowest BCUT2D eigenvalue weighted by Gasteiger charge is -2.11. The van der Waals surface area contributed by atoms with Crippen molar-refractivity contribution in [3.8, 4) is 0 Å². The summed E-state index contributed by atoms with van der Waals surface area (Å²) in [6.45, 7) is 1.45. The molecule has 1 heterocycles. The summed E-state index contributed by atoms with van der Waals surface area (Å²) in [5, 5.41) is 4.40. The number of nitrogens with zero attached hydrogens (tertiary/aromatic N) is 1. The predicted molar refractivity (Wildman–Crippen MR) is 87.9 cm³/mol. The molecule has 1 aromatic heterocycles. The Labute approximate surface area is 131 Å². The van der Waals surface area contributed by atoms with Crippen LogP contribution in [0.15, 0.2) is 53.1 Å². The van der Waals surface area contributed by atoms with Crippen molar-refractivity contribution in [3.63, 3.8) is 0 Å². The Hall–Kier alpha value is -1.65. The van der Waals surface area contributed by atoms with Crippen LogP contribution >= 0.6 is 15.9 Å². The van der Waals surface area contributed by atoms with Crippen molar-refractivity contribution in [1.82, 2.24) is 9.88 Å². The number of aromatic nitrogens is 1. The molecule has 0 aliphatic heterocycles. The second-order valence-electron chi connectivity index (χ2n) is 5.04. The third-order valence-corrected chi connectivity index (χ3v) is 4.50. The van der Waals surface area contributed by atoms with Crippen molar-refractivity contribution >= 4 is 26.8 Å². The molecule has 0 spiro atoms. The van der Waals surface area contributed by atoms with Crippen LogP contribution in [0, 0.1) is 5.82 Å². The van der Waals surface area contributed by atoms with Gasteiger partial charge in [0.15, 0.2) is 0 Å². The Morgan fingerprint density at radius 1 is 1.10 bits per heavy atom. The molecule has 4 heteroatoms. The van der Waals surface area contributed by atoms with Gasteiger partial charge in [0.05, 0.1) is 9.99 Å². The van der Waals surface area contributed by atoms with E-state index in [0.29, 0.717) is 11.0 Å². The monoisotopic (exact) mass is 346 g/mol. The molecular weight excluding hydrogens is 331 g/mol. The van der Waals surface area contributed by atoms with Crippen molar-refractivity contribution in [2.45, 2.75) is 13.1 Å². The molecule has 0 unspecified atom stereocenters. The van der Waals surface area contributed by atoms with E-state index >= 15 is 0 Å². The fourth-order valence-electron chi connectivity index (χ4n) is 2.66. The largest absolute Gasteiger partial charge is 0.343 e. The summed E-state index contributed by atoms with van der Waals surface area (Å²) >= 11 is 3.34. The summed E-state index contributed by atoms with van der Waals surface area (Å²) in [6.07, 6.45) is 2.06. The molecule has 0 bridgehead atoms. The first kappa shape index (κ1) is 14.3. The van der Waals surface area contributed by atoms with E-state index in [-0.39, 0.29) is 5.82 Å². The van der Waals surface area contributed by atoms with Gasteiger partial charge in [-0.25, -0.2) is 4.39 Å². The van der Waals surface area contributed by atoms with Gasteiger partial charge >= 0.3 is 0 Å². The standard InChI is InChI=1S/C17H16BrFN2/c1-20-10-13-5-2-4-12-8-9-21(17(12)13)11-14-6-3-7-15(19)16(14)18/h2-9,20H,10-11H2,1H3. The summed E-state index contributed by atoms with van der Waals surface area (Å²) in [7, 11) is 1.94. The third-order valence-electron chi connectivity index (χ3n) is 3.61. The Bertz CT molecular complexity index is 780. The van der Waals surface area contributed by atoms with E-state index in [9.17, 15) is 4.39 Å².